The molecule has 0 aliphatic carbocycles. The number of anilines is 1. The third-order valence-corrected chi connectivity index (χ3v) is 3.47. The second kappa shape index (κ2) is 5.46. The van der Waals surface area contributed by atoms with Crippen molar-refractivity contribution in [3.8, 4) is 5.75 Å². The van der Waals surface area contributed by atoms with Gasteiger partial charge in [-0.15, -0.1) is 0 Å². The molecule has 0 bridgehead atoms. The van der Waals surface area contributed by atoms with E-state index in [1.54, 1.807) is 54.6 Å². The first-order valence-corrected chi connectivity index (χ1v) is 6.80. The van der Waals surface area contributed by atoms with Crippen molar-refractivity contribution in [1.29, 1.82) is 0 Å². The van der Waals surface area contributed by atoms with Crippen molar-refractivity contribution in [3.05, 3.63) is 71.2 Å². The molecule has 3 rings (SSSR count). The van der Waals surface area contributed by atoms with Crippen molar-refractivity contribution < 1.29 is 9.90 Å². The lowest BCUT2D eigenvalue weighted by Crippen LogP contribution is -2.11. The number of hydrogen-bond donors (Lipinski definition) is 2. The molecule has 1 amide bonds. The van der Waals surface area contributed by atoms with Gasteiger partial charge in [-0.05, 0) is 30.3 Å². The summed E-state index contributed by atoms with van der Waals surface area (Å²) in [7, 11) is 0. The van der Waals surface area contributed by atoms with E-state index in [9.17, 15) is 9.90 Å². The van der Waals surface area contributed by atoms with Crippen molar-refractivity contribution in [3.63, 3.8) is 0 Å². The molecule has 21 heavy (non-hydrogen) atoms. The Morgan fingerprint density at radius 3 is 2.48 bits per heavy atom. The van der Waals surface area contributed by atoms with Gasteiger partial charge in [0.15, 0.2) is 0 Å². The van der Waals surface area contributed by atoms with E-state index in [1.165, 1.54) is 0 Å². The molecule has 0 aliphatic heterocycles. The first-order chi connectivity index (χ1) is 10.1. The lowest BCUT2D eigenvalue weighted by atomic mass is 10.1. The standard InChI is InChI=1S/C17H12ClNO2/c18-12-5-1-4-11(10-12)17(21)19-15-8-2-7-14-13(15)6-3-9-16(14)20/h1-10,20H,(H,19,21). The highest BCUT2D eigenvalue weighted by molar-refractivity contribution is 6.31. The highest BCUT2D eigenvalue weighted by atomic mass is 35.5. The van der Waals surface area contributed by atoms with Crippen molar-refractivity contribution in [2.24, 2.45) is 0 Å². The van der Waals surface area contributed by atoms with Crippen LogP contribution in [0.5, 0.6) is 5.75 Å². The van der Waals surface area contributed by atoms with Gasteiger partial charge in [-0.2, -0.15) is 0 Å². The van der Waals surface area contributed by atoms with Gasteiger partial charge in [0.05, 0.1) is 0 Å². The molecule has 0 heterocycles. The number of carbonyl (C=O) groups excluding carboxylic acids is 1. The summed E-state index contributed by atoms with van der Waals surface area (Å²) in [5.41, 5.74) is 1.13. The molecule has 0 saturated heterocycles. The van der Waals surface area contributed by atoms with E-state index in [-0.39, 0.29) is 11.7 Å². The van der Waals surface area contributed by atoms with Crippen LogP contribution in [-0.2, 0) is 0 Å². The molecule has 3 aromatic rings. The molecule has 3 nitrogen and oxygen atoms in total. The van der Waals surface area contributed by atoms with E-state index >= 15 is 0 Å². The number of nitrogens with one attached hydrogen (secondary N) is 1. The molecule has 0 aromatic heterocycles. The fraction of sp³-hybridized carbons (Fsp3) is 0. The average Bonchev–Trinajstić information content (AvgIpc) is 2.48. The molecular weight excluding hydrogens is 286 g/mol. The number of benzene rings is 3. The van der Waals surface area contributed by atoms with Crippen LogP contribution in [0.4, 0.5) is 5.69 Å². The number of halogens is 1. The topological polar surface area (TPSA) is 49.3 Å². The van der Waals surface area contributed by atoms with E-state index in [1.807, 2.05) is 6.07 Å². The lowest BCUT2D eigenvalue weighted by Gasteiger charge is -2.09. The van der Waals surface area contributed by atoms with Crippen LogP contribution >= 0.6 is 11.6 Å². The Hall–Kier alpha value is -2.52. The summed E-state index contributed by atoms with van der Waals surface area (Å²) < 4.78 is 0. The maximum absolute atomic E-state index is 12.3. The predicted molar refractivity (Wildman–Crippen MR) is 85.0 cm³/mol. The Labute approximate surface area is 126 Å². The van der Waals surface area contributed by atoms with Gasteiger partial charge >= 0.3 is 0 Å². The SMILES string of the molecule is O=C(Nc1cccc2c(O)cccc12)c1cccc(Cl)c1. The largest absolute Gasteiger partial charge is 0.507 e. The molecule has 2 N–H and O–H groups in total. The minimum Gasteiger partial charge on any atom is -0.507 e. The molecule has 0 fully saturated rings. The monoisotopic (exact) mass is 297 g/mol. The van der Waals surface area contributed by atoms with E-state index in [2.05, 4.69) is 5.32 Å². The lowest BCUT2D eigenvalue weighted by molar-refractivity contribution is 0.102. The number of carbonyl (C=O) groups is 1. The van der Waals surface area contributed by atoms with Gasteiger partial charge in [-0.25, -0.2) is 0 Å². The van der Waals surface area contributed by atoms with Crippen LogP contribution in [0.15, 0.2) is 60.7 Å². The number of rotatable bonds is 2. The molecule has 104 valence electrons. The van der Waals surface area contributed by atoms with Gasteiger partial charge in [0.2, 0.25) is 0 Å². The molecule has 0 unspecified atom stereocenters. The zero-order valence-corrected chi connectivity index (χ0v) is 11.8. The van der Waals surface area contributed by atoms with Gasteiger partial charge in [0, 0.05) is 27.0 Å². The Bertz CT molecular complexity index is 830. The highest BCUT2D eigenvalue weighted by Gasteiger charge is 2.09. The van der Waals surface area contributed by atoms with Crippen LogP contribution in [0.2, 0.25) is 5.02 Å². The predicted octanol–water partition coefficient (Wildman–Crippen LogP) is 4.45. The van der Waals surface area contributed by atoms with Crippen LogP contribution in [-0.4, -0.2) is 11.0 Å². The first-order valence-electron chi connectivity index (χ1n) is 6.43. The Kier molecular flexibility index (Phi) is 3.50. The van der Waals surface area contributed by atoms with Gasteiger partial charge < -0.3 is 10.4 Å². The number of hydrogen-bond acceptors (Lipinski definition) is 2. The number of phenols is 1. The molecule has 3 aromatic carbocycles. The van der Waals surface area contributed by atoms with E-state index in [0.717, 1.165) is 5.39 Å². The zero-order valence-electron chi connectivity index (χ0n) is 11.0. The van der Waals surface area contributed by atoms with Crippen molar-refractivity contribution in [2.45, 2.75) is 0 Å². The summed E-state index contributed by atoms with van der Waals surface area (Å²) in [5.74, 6) is -0.0558. The van der Waals surface area contributed by atoms with Crippen LogP contribution < -0.4 is 5.32 Å². The fourth-order valence-corrected chi connectivity index (χ4v) is 2.42. The molecule has 0 spiro atoms. The molecule has 4 heteroatoms. The van der Waals surface area contributed by atoms with Gasteiger partial charge in [0.1, 0.15) is 5.75 Å². The minimum absolute atomic E-state index is 0.186. The third kappa shape index (κ3) is 2.69. The van der Waals surface area contributed by atoms with Gasteiger partial charge in [-0.3, -0.25) is 4.79 Å². The van der Waals surface area contributed by atoms with Gasteiger partial charge in [-0.1, -0.05) is 41.9 Å². The van der Waals surface area contributed by atoms with E-state index in [0.29, 0.717) is 21.7 Å². The van der Waals surface area contributed by atoms with E-state index < -0.39 is 0 Å². The highest BCUT2D eigenvalue weighted by Crippen LogP contribution is 2.30. The summed E-state index contributed by atoms with van der Waals surface area (Å²) in [4.78, 5) is 12.3. The Balaban J connectivity index is 1.99. The van der Waals surface area contributed by atoms with E-state index in [4.69, 9.17) is 11.6 Å². The summed E-state index contributed by atoms with van der Waals surface area (Å²) >= 11 is 5.89. The molecule has 0 atom stereocenters. The summed E-state index contributed by atoms with van der Waals surface area (Å²) in [6, 6.07) is 17.4. The summed E-state index contributed by atoms with van der Waals surface area (Å²) in [6.07, 6.45) is 0. The third-order valence-electron chi connectivity index (χ3n) is 3.23. The summed E-state index contributed by atoms with van der Waals surface area (Å²) in [6.45, 7) is 0. The molecule has 0 aliphatic rings. The van der Waals surface area contributed by atoms with Crippen molar-refractivity contribution >= 4 is 34.0 Å². The minimum atomic E-state index is -0.242. The summed E-state index contributed by atoms with van der Waals surface area (Å²) in [5, 5.41) is 14.7. The fourth-order valence-electron chi connectivity index (χ4n) is 2.23. The number of amides is 1. The molecule has 0 radical (unpaired) electrons. The number of fused-ring (bicyclic) bond motifs is 1. The maximum Gasteiger partial charge on any atom is 0.255 e. The first kappa shape index (κ1) is 13.5. The maximum atomic E-state index is 12.3. The second-order valence-corrected chi connectivity index (χ2v) is 5.08. The number of aromatic hydroxyl groups is 1. The van der Waals surface area contributed by atoms with Crippen molar-refractivity contribution in [2.75, 3.05) is 5.32 Å². The van der Waals surface area contributed by atoms with Crippen LogP contribution in [0, 0.1) is 0 Å². The Morgan fingerprint density at radius 2 is 1.67 bits per heavy atom. The quantitative estimate of drug-likeness (QED) is 0.734. The Morgan fingerprint density at radius 1 is 0.952 bits per heavy atom. The van der Waals surface area contributed by atoms with Crippen LogP contribution in [0.1, 0.15) is 10.4 Å². The van der Waals surface area contributed by atoms with Crippen LogP contribution in [0.3, 0.4) is 0 Å². The average molecular weight is 298 g/mol. The second-order valence-electron chi connectivity index (χ2n) is 4.64. The molecule has 0 saturated carbocycles. The number of phenolic OH excluding ortho intramolecular Hbond substituents is 1. The van der Waals surface area contributed by atoms with Gasteiger partial charge in [0.25, 0.3) is 5.91 Å². The van der Waals surface area contributed by atoms with Crippen molar-refractivity contribution in [1.82, 2.24) is 0 Å². The van der Waals surface area contributed by atoms with Crippen LogP contribution in [0.25, 0.3) is 10.8 Å². The smallest absolute Gasteiger partial charge is 0.255 e. The molecular formula is C17H12ClNO2. The zero-order chi connectivity index (χ0) is 14.8. The normalized spacial score (nSPS) is 10.5.